The number of nitrogens with zero attached hydrogens (tertiary/aromatic N) is 3. The molecule has 1 saturated heterocycles. The van der Waals surface area contributed by atoms with E-state index in [4.69, 9.17) is 0 Å². The third-order valence-corrected chi connectivity index (χ3v) is 4.37. The van der Waals surface area contributed by atoms with Gasteiger partial charge in [0.15, 0.2) is 0 Å². The van der Waals surface area contributed by atoms with Gasteiger partial charge in [-0.25, -0.2) is 0 Å². The average Bonchev–Trinajstić information content (AvgIpc) is 2.42. The Hall–Kier alpha value is -0.630. The molecule has 0 bridgehead atoms. The van der Waals surface area contributed by atoms with Crippen LogP contribution in [0.4, 0.5) is 0 Å². The van der Waals surface area contributed by atoms with Gasteiger partial charge in [-0.2, -0.15) is 5.26 Å². The van der Waals surface area contributed by atoms with E-state index in [1.165, 1.54) is 38.8 Å². The predicted molar refractivity (Wildman–Crippen MR) is 101 cm³/mol. The third-order valence-electron chi connectivity index (χ3n) is 4.37. The molecule has 1 aliphatic rings. The molecule has 0 atom stereocenters. The molecule has 4 heteroatoms. The van der Waals surface area contributed by atoms with E-state index in [0.717, 1.165) is 25.9 Å². The molecule has 0 aliphatic carbocycles. The Morgan fingerprint density at radius 1 is 1.09 bits per heavy atom. The van der Waals surface area contributed by atoms with Crippen LogP contribution >= 0.6 is 0 Å². The van der Waals surface area contributed by atoms with Crippen molar-refractivity contribution in [3.05, 3.63) is 0 Å². The molecule has 0 aromatic heterocycles. The van der Waals surface area contributed by atoms with Crippen molar-refractivity contribution in [2.45, 2.75) is 77.8 Å². The maximum Gasteiger partial charge on any atom is 0.109 e. The maximum absolute atomic E-state index is 9.57. The van der Waals surface area contributed by atoms with Crippen LogP contribution in [-0.2, 0) is 0 Å². The van der Waals surface area contributed by atoms with Crippen molar-refractivity contribution in [1.82, 2.24) is 15.1 Å². The molecule has 1 heterocycles. The fourth-order valence-corrected chi connectivity index (χ4v) is 3.26. The van der Waals surface area contributed by atoms with Crippen LogP contribution in [0.15, 0.2) is 0 Å². The summed E-state index contributed by atoms with van der Waals surface area (Å²) in [5, 5.41) is 13.1. The lowest BCUT2D eigenvalue weighted by molar-refractivity contribution is 0.144. The summed E-state index contributed by atoms with van der Waals surface area (Å²) in [5.41, 5.74) is -0.315. The van der Waals surface area contributed by atoms with Crippen molar-refractivity contribution in [2.75, 3.05) is 40.3 Å². The Morgan fingerprint density at radius 2 is 1.65 bits per heavy atom. The molecule has 0 saturated carbocycles. The van der Waals surface area contributed by atoms with E-state index in [1.807, 2.05) is 0 Å². The first kappa shape index (κ1) is 22.4. The lowest BCUT2D eigenvalue weighted by Gasteiger charge is -2.41. The van der Waals surface area contributed by atoms with E-state index in [-0.39, 0.29) is 18.5 Å². The summed E-state index contributed by atoms with van der Waals surface area (Å²) in [6, 6.07) is 2.55. The molecule has 1 N–H and O–H groups in total. The van der Waals surface area contributed by atoms with Crippen LogP contribution in [0.1, 0.15) is 66.7 Å². The van der Waals surface area contributed by atoms with Crippen molar-refractivity contribution < 1.29 is 0 Å². The molecule has 0 aromatic rings. The SMILES string of the molecule is C.CN(C)CCCCCCN1CCC(C#N)(NC(C)(C)C)CC1. The highest BCUT2D eigenvalue weighted by Crippen LogP contribution is 2.24. The van der Waals surface area contributed by atoms with E-state index in [0.29, 0.717) is 0 Å². The maximum atomic E-state index is 9.57. The van der Waals surface area contributed by atoms with Gasteiger partial charge < -0.3 is 9.80 Å². The lowest BCUT2D eigenvalue weighted by atomic mass is 9.86. The Kier molecular flexibility index (Phi) is 10.00. The summed E-state index contributed by atoms with van der Waals surface area (Å²) in [6.45, 7) is 10.9. The number of nitrogens with one attached hydrogen (secondary N) is 1. The number of unbranched alkanes of at least 4 members (excludes halogenated alkanes) is 3. The molecule has 23 heavy (non-hydrogen) atoms. The first-order valence-corrected chi connectivity index (χ1v) is 8.84. The van der Waals surface area contributed by atoms with Crippen LogP contribution in [0.2, 0.25) is 0 Å². The molecule has 0 unspecified atom stereocenters. The van der Waals surface area contributed by atoms with Gasteiger partial charge in [-0.3, -0.25) is 5.32 Å². The summed E-state index contributed by atoms with van der Waals surface area (Å²) in [6.07, 6.45) is 7.15. The summed E-state index contributed by atoms with van der Waals surface area (Å²) < 4.78 is 0. The van der Waals surface area contributed by atoms with Crippen LogP contribution in [0.25, 0.3) is 0 Å². The topological polar surface area (TPSA) is 42.3 Å². The quantitative estimate of drug-likeness (QED) is 0.694. The van der Waals surface area contributed by atoms with Gasteiger partial charge in [0.2, 0.25) is 0 Å². The summed E-state index contributed by atoms with van der Waals surface area (Å²) in [4.78, 5) is 4.79. The summed E-state index contributed by atoms with van der Waals surface area (Å²) in [5.74, 6) is 0. The zero-order valence-corrected chi connectivity index (χ0v) is 15.4. The predicted octanol–water partition coefficient (Wildman–Crippen LogP) is 3.49. The fraction of sp³-hybridized carbons (Fsp3) is 0.947. The van der Waals surface area contributed by atoms with Crippen LogP contribution in [0, 0.1) is 11.3 Å². The van der Waals surface area contributed by atoms with Crippen LogP contribution < -0.4 is 5.32 Å². The minimum atomic E-state index is -0.319. The van der Waals surface area contributed by atoms with E-state index < -0.39 is 0 Å². The van der Waals surface area contributed by atoms with E-state index in [1.54, 1.807) is 0 Å². The molecule has 136 valence electrons. The molecule has 0 amide bonds. The first-order chi connectivity index (χ1) is 10.3. The zero-order chi connectivity index (χ0) is 16.6. The summed E-state index contributed by atoms with van der Waals surface area (Å²) >= 11 is 0. The Morgan fingerprint density at radius 3 is 2.13 bits per heavy atom. The highest BCUT2D eigenvalue weighted by Gasteiger charge is 2.37. The van der Waals surface area contributed by atoms with Gasteiger partial charge in [0.25, 0.3) is 0 Å². The van der Waals surface area contributed by atoms with Gasteiger partial charge in [0, 0.05) is 18.6 Å². The highest BCUT2D eigenvalue weighted by atomic mass is 15.2. The van der Waals surface area contributed by atoms with Gasteiger partial charge in [0.05, 0.1) is 6.07 Å². The van der Waals surface area contributed by atoms with Gasteiger partial charge in [-0.15, -0.1) is 0 Å². The molecule has 4 nitrogen and oxygen atoms in total. The monoisotopic (exact) mass is 324 g/mol. The molecular weight excluding hydrogens is 284 g/mol. The van der Waals surface area contributed by atoms with Crippen molar-refractivity contribution in [2.24, 2.45) is 0 Å². The van der Waals surface area contributed by atoms with Crippen LogP contribution in [0.5, 0.6) is 0 Å². The van der Waals surface area contributed by atoms with Gasteiger partial charge in [-0.05, 0) is 73.6 Å². The number of nitriles is 1. The van der Waals surface area contributed by atoms with E-state index in [2.05, 4.69) is 56.1 Å². The Labute approximate surface area is 145 Å². The normalized spacial score (nSPS) is 18.5. The third kappa shape index (κ3) is 9.30. The van der Waals surface area contributed by atoms with E-state index >= 15 is 0 Å². The van der Waals surface area contributed by atoms with Crippen molar-refractivity contribution in [3.8, 4) is 6.07 Å². The second kappa shape index (κ2) is 10.3. The Balaban J connectivity index is 0.00000484. The number of likely N-dealkylation sites (tertiary alicyclic amines) is 1. The second-order valence-electron chi connectivity index (χ2n) is 8.13. The number of hydrogen-bond acceptors (Lipinski definition) is 4. The number of rotatable bonds is 8. The van der Waals surface area contributed by atoms with Crippen LogP contribution in [-0.4, -0.2) is 61.2 Å². The average molecular weight is 325 g/mol. The molecule has 0 aromatic carbocycles. The largest absolute Gasteiger partial charge is 0.309 e. The fourth-order valence-electron chi connectivity index (χ4n) is 3.26. The standard InChI is InChI=1S/C18H36N4.CH4/c1-17(2,3)20-18(16-19)10-14-22(15-11-18)13-9-7-6-8-12-21(4)5;/h20H,6-15H2,1-5H3;1H4. The number of hydrogen-bond donors (Lipinski definition) is 1. The number of piperidine rings is 1. The molecule has 1 rings (SSSR count). The molecule has 1 aliphatic heterocycles. The van der Waals surface area contributed by atoms with Crippen molar-refractivity contribution in [1.29, 1.82) is 5.26 Å². The second-order valence-corrected chi connectivity index (χ2v) is 8.13. The van der Waals surface area contributed by atoms with Gasteiger partial charge in [-0.1, -0.05) is 20.3 Å². The van der Waals surface area contributed by atoms with E-state index in [9.17, 15) is 5.26 Å². The van der Waals surface area contributed by atoms with Crippen LogP contribution in [0.3, 0.4) is 0 Å². The zero-order valence-electron chi connectivity index (χ0n) is 15.4. The highest BCUT2D eigenvalue weighted by molar-refractivity contribution is 5.11. The van der Waals surface area contributed by atoms with Crippen molar-refractivity contribution in [3.63, 3.8) is 0 Å². The molecule has 1 fully saturated rings. The lowest BCUT2D eigenvalue weighted by Crippen LogP contribution is -2.58. The minimum absolute atomic E-state index is 0. The molecule has 0 radical (unpaired) electrons. The smallest absolute Gasteiger partial charge is 0.109 e. The molecule has 0 spiro atoms. The van der Waals surface area contributed by atoms with Gasteiger partial charge >= 0.3 is 0 Å². The first-order valence-electron chi connectivity index (χ1n) is 8.84. The molecular formula is C19H40N4. The summed E-state index contributed by atoms with van der Waals surface area (Å²) in [7, 11) is 4.28. The van der Waals surface area contributed by atoms with Crippen molar-refractivity contribution >= 4 is 0 Å². The minimum Gasteiger partial charge on any atom is -0.309 e. The van der Waals surface area contributed by atoms with Gasteiger partial charge in [0.1, 0.15) is 5.54 Å². The Bertz CT molecular complexity index is 343.